The van der Waals surface area contributed by atoms with E-state index in [1.807, 2.05) is 47.6 Å². The Morgan fingerprint density at radius 1 is 0.931 bits per heavy atom. The molecule has 148 valence electrons. The summed E-state index contributed by atoms with van der Waals surface area (Å²) in [5, 5.41) is 8.36. The molecule has 0 atom stereocenters. The normalized spacial score (nSPS) is 11.2. The van der Waals surface area contributed by atoms with Gasteiger partial charge in [0, 0.05) is 28.5 Å². The molecule has 0 unspecified atom stereocenters. The van der Waals surface area contributed by atoms with Gasteiger partial charge in [0.25, 0.3) is 11.9 Å². The highest BCUT2D eigenvalue weighted by atomic mass is 32.1. The van der Waals surface area contributed by atoms with Crippen LogP contribution in [0.4, 0.5) is 5.82 Å². The molecule has 1 amide bonds. The Morgan fingerprint density at radius 2 is 1.62 bits per heavy atom. The van der Waals surface area contributed by atoms with Crippen LogP contribution in [-0.4, -0.2) is 35.6 Å². The molecule has 0 spiro atoms. The third-order valence-electron chi connectivity index (χ3n) is 4.52. The van der Waals surface area contributed by atoms with Gasteiger partial charge in [-0.05, 0) is 53.2 Å². The van der Waals surface area contributed by atoms with Crippen LogP contribution in [0.5, 0.6) is 0 Å². The third-order valence-corrected chi connectivity index (χ3v) is 5.71. The molecule has 1 N–H and O–H groups in total. The van der Waals surface area contributed by atoms with Gasteiger partial charge in [0.15, 0.2) is 0 Å². The van der Waals surface area contributed by atoms with Crippen LogP contribution < -0.4 is 5.32 Å². The molecule has 0 aliphatic carbocycles. The summed E-state index contributed by atoms with van der Waals surface area (Å²) in [7, 11) is 0. The van der Waals surface area contributed by atoms with Crippen molar-refractivity contribution in [3.05, 3.63) is 51.2 Å². The summed E-state index contributed by atoms with van der Waals surface area (Å²) in [5.41, 5.74) is 4.19. The molecular formula is C20H21N7OS. The lowest BCUT2D eigenvalue weighted by Gasteiger charge is -2.08. The molecule has 0 bridgehead atoms. The van der Waals surface area contributed by atoms with Crippen molar-refractivity contribution in [3.8, 4) is 5.95 Å². The molecule has 4 aromatic rings. The maximum Gasteiger partial charge on any atom is 0.267 e. The number of carbonyl (C=O) groups excluding carboxylic acids is 1. The van der Waals surface area contributed by atoms with Crippen LogP contribution in [0.1, 0.15) is 43.8 Å². The Hall–Kier alpha value is -3.20. The number of aryl methyl sites for hydroxylation is 6. The molecule has 4 rings (SSSR count). The lowest BCUT2D eigenvalue weighted by molar-refractivity contribution is 0.102. The van der Waals surface area contributed by atoms with Crippen molar-refractivity contribution in [2.45, 2.75) is 41.5 Å². The minimum Gasteiger partial charge on any atom is -0.306 e. The number of fused-ring (bicyclic) bond motifs is 1. The van der Waals surface area contributed by atoms with Crippen LogP contribution in [0.25, 0.3) is 16.2 Å². The monoisotopic (exact) mass is 407 g/mol. The quantitative estimate of drug-likeness (QED) is 0.555. The van der Waals surface area contributed by atoms with E-state index in [1.54, 1.807) is 10.7 Å². The van der Waals surface area contributed by atoms with Gasteiger partial charge in [0.05, 0.1) is 10.6 Å². The number of nitrogens with zero attached hydrogens (tertiary/aromatic N) is 6. The standard InChI is InChI=1S/C20H21N7OS/c1-9-7-10(2)22-20(21-9)27-15(8-11(3)26-27)25-18(28)17-12(4)16-13(5)23-14(6)24-19(16)29-17/h7-8H,1-6H3,(H,25,28). The fraction of sp³-hybridized carbons (Fsp3) is 0.300. The first-order valence-corrected chi connectivity index (χ1v) is 9.99. The Labute approximate surface area is 172 Å². The smallest absolute Gasteiger partial charge is 0.267 e. The number of aromatic nitrogens is 6. The van der Waals surface area contributed by atoms with Gasteiger partial charge in [-0.15, -0.1) is 11.3 Å². The van der Waals surface area contributed by atoms with E-state index < -0.39 is 0 Å². The SMILES string of the molecule is Cc1cc(C)nc(-n2nc(C)cc2NC(=O)c2sc3nc(C)nc(C)c3c2C)n1. The van der Waals surface area contributed by atoms with Crippen LogP contribution in [0.15, 0.2) is 12.1 Å². The molecule has 0 saturated heterocycles. The average molecular weight is 408 g/mol. The summed E-state index contributed by atoms with van der Waals surface area (Å²) in [6.07, 6.45) is 0. The summed E-state index contributed by atoms with van der Waals surface area (Å²) in [5.74, 6) is 1.43. The number of carbonyl (C=O) groups is 1. The van der Waals surface area contributed by atoms with E-state index in [-0.39, 0.29) is 5.91 Å². The summed E-state index contributed by atoms with van der Waals surface area (Å²) < 4.78 is 1.56. The molecule has 4 aromatic heterocycles. The Kier molecular flexibility index (Phi) is 4.62. The minimum absolute atomic E-state index is 0.215. The van der Waals surface area contributed by atoms with Crippen molar-refractivity contribution in [2.75, 3.05) is 5.32 Å². The van der Waals surface area contributed by atoms with E-state index in [4.69, 9.17) is 0 Å². The number of hydrogen-bond acceptors (Lipinski definition) is 7. The predicted octanol–water partition coefficient (Wildman–Crippen LogP) is 3.77. The first kappa shape index (κ1) is 19.1. The molecular weight excluding hydrogens is 386 g/mol. The molecule has 0 fully saturated rings. The Morgan fingerprint density at radius 3 is 2.31 bits per heavy atom. The molecule has 4 heterocycles. The second-order valence-electron chi connectivity index (χ2n) is 7.08. The highest BCUT2D eigenvalue weighted by Crippen LogP contribution is 2.32. The zero-order valence-electron chi connectivity index (χ0n) is 17.2. The Bertz CT molecular complexity index is 1250. The fourth-order valence-corrected chi connectivity index (χ4v) is 4.58. The zero-order chi connectivity index (χ0) is 20.9. The molecule has 0 radical (unpaired) electrons. The van der Waals surface area contributed by atoms with Gasteiger partial charge in [0.2, 0.25) is 0 Å². The van der Waals surface area contributed by atoms with Crippen molar-refractivity contribution in [1.82, 2.24) is 29.7 Å². The number of hydrogen-bond donors (Lipinski definition) is 1. The molecule has 29 heavy (non-hydrogen) atoms. The van der Waals surface area contributed by atoms with Crippen molar-refractivity contribution in [1.29, 1.82) is 0 Å². The van der Waals surface area contributed by atoms with E-state index in [0.717, 1.165) is 38.6 Å². The van der Waals surface area contributed by atoms with Crippen molar-refractivity contribution >= 4 is 33.3 Å². The van der Waals surface area contributed by atoms with Gasteiger partial charge in [0.1, 0.15) is 16.5 Å². The van der Waals surface area contributed by atoms with Crippen LogP contribution in [0.2, 0.25) is 0 Å². The van der Waals surface area contributed by atoms with Crippen molar-refractivity contribution in [3.63, 3.8) is 0 Å². The second kappa shape index (κ2) is 7.00. The second-order valence-corrected chi connectivity index (χ2v) is 8.08. The summed E-state index contributed by atoms with van der Waals surface area (Å²) >= 11 is 1.37. The van der Waals surface area contributed by atoms with Gasteiger partial charge in [-0.2, -0.15) is 9.78 Å². The van der Waals surface area contributed by atoms with Crippen LogP contribution in [0.3, 0.4) is 0 Å². The van der Waals surface area contributed by atoms with Gasteiger partial charge < -0.3 is 5.32 Å². The predicted molar refractivity (Wildman–Crippen MR) is 113 cm³/mol. The number of rotatable bonds is 3. The van der Waals surface area contributed by atoms with Crippen LogP contribution in [0, 0.1) is 41.5 Å². The molecule has 9 heteroatoms. The number of anilines is 1. The Balaban J connectivity index is 1.74. The number of nitrogens with one attached hydrogen (secondary N) is 1. The van der Waals surface area contributed by atoms with Crippen molar-refractivity contribution < 1.29 is 4.79 Å². The average Bonchev–Trinajstić information content (AvgIpc) is 3.14. The highest BCUT2D eigenvalue weighted by Gasteiger charge is 2.21. The van der Waals surface area contributed by atoms with Gasteiger partial charge in [-0.3, -0.25) is 4.79 Å². The summed E-state index contributed by atoms with van der Waals surface area (Å²) in [4.78, 5) is 32.3. The molecule has 0 aromatic carbocycles. The van der Waals surface area contributed by atoms with E-state index in [2.05, 4.69) is 30.4 Å². The molecule has 0 aliphatic heterocycles. The maximum atomic E-state index is 13.1. The molecule has 0 saturated carbocycles. The summed E-state index contributed by atoms with van der Waals surface area (Å²) in [6, 6.07) is 3.70. The van der Waals surface area contributed by atoms with E-state index in [0.29, 0.717) is 22.5 Å². The summed E-state index contributed by atoms with van der Waals surface area (Å²) in [6.45, 7) is 11.4. The van der Waals surface area contributed by atoms with Crippen molar-refractivity contribution in [2.24, 2.45) is 0 Å². The molecule has 8 nitrogen and oxygen atoms in total. The van der Waals surface area contributed by atoms with Gasteiger partial charge in [-0.25, -0.2) is 19.9 Å². The number of amides is 1. The fourth-order valence-electron chi connectivity index (χ4n) is 3.41. The first-order valence-electron chi connectivity index (χ1n) is 9.18. The van der Waals surface area contributed by atoms with Gasteiger partial charge in [-0.1, -0.05) is 0 Å². The highest BCUT2D eigenvalue weighted by molar-refractivity contribution is 7.20. The largest absolute Gasteiger partial charge is 0.306 e. The number of thiophene rings is 1. The first-order chi connectivity index (χ1) is 13.7. The lowest BCUT2D eigenvalue weighted by atomic mass is 10.1. The third kappa shape index (κ3) is 3.49. The van der Waals surface area contributed by atoms with Gasteiger partial charge >= 0.3 is 0 Å². The lowest BCUT2D eigenvalue weighted by Crippen LogP contribution is -2.16. The maximum absolute atomic E-state index is 13.1. The zero-order valence-corrected chi connectivity index (χ0v) is 18.0. The topological polar surface area (TPSA) is 98.5 Å². The van der Waals surface area contributed by atoms with Crippen LogP contribution in [-0.2, 0) is 0 Å². The van der Waals surface area contributed by atoms with E-state index in [1.165, 1.54) is 11.3 Å². The van der Waals surface area contributed by atoms with E-state index >= 15 is 0 Å². The van der Waals surface area contributed by atoms with Crippen LogP contribution >= 0.6 is 11.3 Å². The molecule has 0 aliphatic rings. The minimum atomic E-state index is -0.215. The van der Waals surface area contributed by atoms with E-state index in [9.17, 15) is 4.79 Å².